The predicted octanol–water partition coefficient (Wildman–Crippen LogP) is 0.770. The summed E-state index contributed by atoms with van der Waals surface area (Å²) >= 11 is 1.55. The summed E-state index contributed by atoms with van der Waals surface area (Å²) in [6.45, 7) is 2.29. The Balaban J connectivity index is 2.31. The number of carboxylic acids is 1. The molecule has 3 N–H and O–H groups in total. The minimum Gasteiger partial charge on any atom is -0.480 e. The van der Waals surface area contributed by atoms with Gasteiger partial charge in [0, 0.05) is 24.8 Å². The first-order valence-corrected chi connectivity index (χ1v) is 6.52. The molecule has 2 amide bonds. The number of thiazole rings is 1. The lowest BCUT2D eigenvalue weighted by molar-refractivity contribution is -0.139. The summed E-state index contributed by atoms with van der Waals surface area (Å²) < 4.78 is 0. The fraction of sp³-hybridized carbons (Fsp3) is 0.417. The predicted molar refractivity (Wildman–Crippen MR) is 72.0 cm³/mol. The van der Waals surface area contributed by atoms with Crippen molar-refractivity contribution < 1.29 is 14.7 Å². The number of terminal acetylenes is 1. The number of nitrogens with zero attached hydrogens (tertiary/aromatic N) is 1. The molecule has 1 unspecified atom stereocenters. The van der Waals surface area contributed by atoms with Crippen LogP contribution in [0.15, 0.2) is 5.38 Å². The summed E-state index contributed by atoms with van der Waals surface area (Å²) in [7, 11) is 0. The van der Waals surface area contributed by atoms with E-state index in [4.69, 9.17) is 11.5 Å². The van der Waals surface area contributed by atoms with E-state index in [9.17, 15) is 9.59 Å². The van der Waals surface area contributed by atoms with Crippen LogP contribution in [0.5, 0.6) is 0 Å². The fourth-order valence-electron chi connectivity index (χ4n) is 1.35. The number of aliphatic carboxylic acids is 1. The van der Waals surface area contributed by atoms with Crippen molar-refractivity contribution in [1.82, 2.24) is 15.6 Å². The van der Waals surface area contributed by atoms with Gasteiger partial charge in [-0.15, -0.1) is 23.7 Å². The Morgan fingerprint density at radius 3 is 2.89 bits per heavy atom. The Morgan fingerprint density at radius 1 is 1.63 bits per heavy atom. The van der Waals surface area contributed by atoms with Gasteiger partial charge in [-0.25, -0.2) is 14.6 Å². The number of urea groups is 1. The molecule has 102 valence electrons. The Hall–Kier alpha value is -2.07. The lowest BCUT2D eigenvalue weighted by Crippen LogP contribution is -2.46. The zero-order valence-electron chi connectivity index (χ0n) is 10.5. The number of carbonyl (C=O) groups is 2. The van der Waals surface area contributed by atoms with Crippen molar-refractivity contribution in [2.24, 2.45) is 0 Å². The molecule has 0 aliphatic rings. The summed E-state index contributed by atoms with van der Waals surface area (Å²) in [5.74, 6) is 1.06. The molecule has 0 radical (unpaired) electrons. The second-order valence-electron chi connectivity index (χ2n) is 3.81. The minimum atomic E-state index is -1.15. The highest BCUT2D eigenvalue weighted by Gasteiger charge is 2.18. The Kier molecular flexibility index (Phi) is 5.82. The second kappa shape index (κ2) is 7.38. The van der Waals surface area contributed by atoms with Crippen LogP contribution in [0.1, 0.15) is 17.1 Å². The third-order valence-electron chi connectivity index (χ3n) is 2.26. The van der Waals surface area contributed by atoms with E-state index in [2.05, 4.69) is 21.5 Å². The molecule has 0 fully saturated rings. The number of nitrogens with one attached hydrogen (secondary N) is 2. The monoisotopic (exact) mass is 281 g/mol. The number of aryl methyl sites for hydroxylation is 1. The first kappa shape index (κ1) is 15.0. The van der Waals surface area contributed by atoms with Crippen LogP contribution in [0.3, 0.4) is 0 Å². The molecule has 1 rings (SSSR count). The SMILES string of the molecule is C#CCC(NC(=O)NCCc1csc(C)n1)C(=O)O. The third kappa shape index (κ3) is 5.40. The molecule has 0 spiro atoms. The molecule has 0 saturated carbocycles. The quantitative estimate of drug-likeness (QED) is 0.672. The molecule has 1 aromatic rings. The van der Waals surface area contributed by atoms with Gasteiger partial charge in [0.2, 0.25) is 0 Å². The molecule has 19 heavy (non-hydrogen) atoms. The molecule has 1 atom stereocenters. The van der Waals surface area contributed by atoms with Gasteiger partial charge in [0.15, 0.2) is 0 Å². The molecule has 7 heteroatoms. The number of aromatic nitrogens is 1. The number of carboxylic acid groups (broad SMARTS) is 1. The van der Waals surface area contributed by atoms with Crippen molar-refractivity contribution in [1.29, 1.82) is 0 Å². The van der Waals surface area contributed by atoms with Crippen LogP contribution in [0, 0.1) is 19.3 Å². The highest BCUT2D eigenvalue weighted by atomic mass is 32.1. The Bertz CT molecular complexity index is 493. The smallest absolute Gasteiger partial charge is 0.327 e. The lowest BCUT2D eigenvalue weighted by Gasteiger charge is -2.12. The Labute approximate surface area is 115 Å². The van der Waals surface area contributed by atoms with Crippen LogP contribution in [0.25, 0.3) is 0 Å². The van der Waals surface area contributed by atoms with Gasteiger partial charge in [-0.2, -0.15) is 0 Å². The molecule has 1 heterocycles. The van der Waals surface area contributed by atoms with Crippen molar-refractivity contribution in [3.63, 3.8) is 0 Å². The normalized spacial score (nSPS) is 11.4. The van der Waals surface area contributed by atoms with E-state index in [-0.39, 0.29) is 6.42 Å². The van der Waals surface area contributed by atoms with Gasteiger partial charge in [-0.1, -0.05) is 0 Å². The minimum absolute atomic E-state index is 0.0476. The van der Waals surface area contributed by atoms with Crippen molar-refractivity contribution in [2.45, 2.75) is 25.8 Å². The van der Waals surface area contributed by atoms with Crippen molar-refractivity contribution in [2.75, 3.05) is 6.54 Å². The summed E-state index contributed by atoms with van der Waals surface area (Å²) in [5.41, 5.74) is 0.904. The molecule has 6 nitrogen and oxygen atoms in total. The van der Waals surface area contributed by atoms with Crippen LogP contribution < -0.4 is 10.6 Å². The maximum Gasteiger partial charge on any atom is 0.327 e. The number of amides is 2. The first-order chi connectivity index (χ1) is 9.02. The van der Waals surface area contributed by atoms with Gasteiger partial charge >= 0.3 is 12.0 Å². The summed E-state index contributed by atoms with van der Waals surface area (Å²) in [5, 5.41) is 16.6. The molecule has 0 aliphatic carbocycles. The van der Waals surface area contributed by atoms with Gasteiger partial charge in [-0.3, -0.25) is 0 Å². The van der Waals surface area contributed by atoms with Crippen LogP contribution in [-0.2, 0) is 11.2 Å². The van der Waals surface area contributed by atoms with Crippen LogP contribution in [0.4, 0.5) is 4.79 Å². The van der Waals surface area contributed by atoms with Crippen molar-refractivity contribution >= 4 is 23.3 Å². The standard InChI is InChI=1S/C12H15N3O3S/c1-3-4-10(11(16)17)15-12(18)13-6-5-9-7-19-8(2)14-9/h1,7,10H,4-6H2,2H3,(H,16,17)(H2,13,15,18). The van der Waals surface area contributed by atoms with Gasteiger partial charge in [-0.05, 0) is 6.92 Å². The average molecular weight is 281 g/mol. The summed E-state index contributed by atoms with van der Waals surface area (Å²) in [6.07, 6.45) is 5.58. The van der Waals surface area contributed by atoms with E-state index in [1.54, 1.807) is 11.3 Å². The molecule has 0 aliphatic heterocycles. The van der Waals surface area contributed by atoms with Crippen molar-refractivity contribution in [3.05, 3.63) is 16.1 Å². The highest BCUT2D eigenvalue weighted by Crippen LogP contribution is 2.07. The number of rotatable bonds is 6. The van der Waals surface area contributed by atoms with Crippen LogP contribution in [-0.4, -0.2) is 34.7 Å². The Morgan fingerprint density at radius 2 is 2.37 bits per heavy atom. The molecule has 1 aromatic heterocycles. The van der Waals surface area contributed by atoms with Crippen molar-refractivity contribution in [3.8, 4) is 12.3 Å². The summed E-state index contributed by atoms with van der Waals surface area (Å²) in [6, 6.07) is -1.61. The van der Waals surface area contributed by atoms with Gasteiger partial charge in [0.1, 0.15) is 6.04 Å². The maximum atomic E-state index is 11.5. The van der Waals surface area contributed by atoms with Gasteiger partial charge in [0.25, 0.3) is 0 Å². The topological polar surface area (TPSA) is 91.3 Å². The van der Waals surface area contributed by atoms with E-state index in [1.165, 1.54) is 0 Å². The van der Waals surface area contributed by atoms with E-state index in [0.29, 0.717) is 13.0 Å². The fourth-order valence-corrected chi connectivity index (χ4v) is 2.00. The number of carbonyl (C=O) groups excluding carboxylic acids is 1. The summed E-state index contributed by atoms with van der Waals surface area (Å²) in [4.78, 5) is 26.5. The third-order valence-corrected chi connectivity index (χ3v) is 3.08. The van der Waals surface area contributed by atoms with Crippen LogP contribution >= 0.6 is 11.3 Å². The zero-order chi connectivity index (χ0) is 14.3. The van der Waals surface area contributed by atoms with E-state index in [1.807, 2.05) is 12.3 Å². The molecule has 0 bridgehead atoms. The van der Waals surface area contributed by atoms with E-state index in [0.717, 1.165) is 10.7 Å². The molecule has 0 saturated heterocycles. The van der Waals surface area contributed by atoms with Crippen LogP contribution in [0.2, 0.25) is 0 Å². The average Bonchev–Trinajstić information content (AvgIpc) is 2.74. The second-order valence-corrected chi connectivity index (χ2v) is 4.87. The lowest BCUT2D eigenvalue weighted by atomic mass is 10.2. The molecular weight excluding hydrogens is 266 g/mol. The van der Waals surface area contributed by atoms with Gasteiger partial charge in [0.05, 0.1) is 10.7 Å². The molecular formula is C12H15N3O3S. The zero-order valence-corrected chi connectivity index (χ0v) is 11.3. The van der Waals surface area contributed by atoms with E-state index < -0.39 is 18.0 Å². The highest BCUT2D eigenvalue weighted by molar-refractivity contribution is 7.09. The van der Waals surface area contributed by atoms with E-state index >= 15 is 0 Å². The van der Waals surface area contributed by atoms with Gasteiger partial charge < -0.3 is 15.7 Å². The molecule has 0 aromatic carbocycles. The largest absolute Gasteiger partial charge is 0.480 e. The maximum absolute atomic E-state index is 11.5. The number of hydrogen-bond donors (Lipinski definition) is 3. The first-order valence-electron chi connectivity index (χ1n) is 5.64. The number of hydrogen-bond acceptors (Lipinski definition) is 4.